The van der Waals surface area contributed by atoms with Crippen molar-refractivity contribution in [2.24, 2.45) is 0 Å². The lowest BCUT2D eigenvalue weighted by Crippen LogP contribution is -1.86. The average Bonchev–Trinajstić information content (AvgIpc) is 2.04. The van der Waals surface area contributed by atoms with E-state index in [1.807, 2.05) is 0 Å². The van der Waals surface area contributed by atoms with Crippen LogP contribution in [0.1, 0.15) is 26.7 Å². The van der Waals surface area contributed by atoms with Gasteiger partial charge in [0.1, 0.15) is 0 Å². The van der Waals surface area contributed by atoms with Crippen LogP contribution in [0.4, 0.5) is 0 Å². The molecule has 0 aromatic rings. The fraction of sp³-hybridized carbons (Fsp3) is 0.667. The van der Waals surface area contributed by atoms with E-state index >= 15 is 0 Å². The topological polar surface area (TPSA) is 135 Å². The van der Waals surface area contributed by atoms with Crippen LogP contribution >= 0.6 is 0 Å². The zero-order valence-electron chi connectivity index (χ0n) is 7.80. The van der Waals surface area contributed by atoms with Crippen LogP contribution in [-0.2, 0) is 21.0 Å². The van der Waals surface area contributed by atoms with Gasteiger partial charge >= 0.3 is 11.9 Å². The third-order valence-corrected chi connectivity index (χ3v) is 0.605. The maximum Gasteiger partial charge on any atom is 0.303 e. The molecular weight excluding hydrogens is 216 g/mol. The Labute approximate surface area is 83.9 Å². The van der Waals surface area contributed by atoms with Gasteiger partial charge in [-0.25, -0.2) is 4.21 Å². The van der Waals surface area contributed by atoms with Crippen LogP contribution in [0.2, 0.25) is 0 Å². The van der Waals surface area contributed by atoms with Crippen LogP contribution in [0.5, 0.6) is 0 Å². The summed E-state index contributed by atoms with van der Waals surface area (Å²) in [6.45, 7) is 3.20. The van der Waals surface area contributed by atoms with E-state index in [4.69, 9.17) is 23.5 Å². The van der Waals surface area contributed by atoms with Crippen molar-refractivity contribution in [3.8, 4) is 0 Å². The summed E-state index contributed by atoms with van der Waals surface area (Å²) in [6.07, 6.45) is 0.444. The Kier molecular flexibility index (Phi) is 19.4. The quantitative estimate of drug-likeness (QED) is 0.579. The molecule has 0 aliphatic heterocycles. The predicted molar refractivity (Wildman–Crippen MR) is 47.4 cm³/mol. The predicted octanol–water partition coefficient (Wildman–Crippen LogP) is 0.301. The molecule has 3 N–H and O–H groups in total. The molecule has 0 aromatic heterocycles. The fourth-order valence-electron chi connectivity index (χ4n) is 0. The Bertz CT molecular complexity index is 161. The molecule has 0 bridgehead atoms. The second-order valence-electron chi connectivity index (χ2n) is 1.71. The molecular formula is C6H13O7S-. The highest BCUT2D eigenvalue weighted by Gasteiger charge is 1.81. The van der Waals surface area contributed by atoms with Gasteiger partial charge in [0.15, 0.2) is 0 Å². The van der Waals surface area contributed by atoms with Crippen molar-refractivity contribution in [2.75, 3.05) is 0 Å². The van der Waals surface area contributed by atoms with Crippen molar-refractivity contribution in [1.29, 1.82) is 0 Å². The van der Waals surface area contributed by atoms with E-state index in [0.29, 0.717) is 0 Å². The molecule has 1 unspecified atom stereocenters. The molecule has 0 aliphatic rings. The Morgan fingerprint density at radius 1 is 1.14 bits per heavy atom. The van der Waals surface area contributed by atoms with Gasteiger partial charge < -0.3 is 19.3 Å². The van der Waals surface area contributed by atoms with Crippen molar-refractivity contribution >= 4 is 23.3 Å². The van der Waals surface area contributed by atoms with Gasteiger partial charge in [0.25, 0.3) is 0 Å². The molecule has 0 saturated carbocycles. The van der Waals surface area contributed by atoms with Crippen molar-refractivity contribution in [3.63, 3.8) is 0 Å². The lowest BCUT2D eigenvalue weighted by molar-refractivity contribution is -0.137. The summed E-state index contributed by atoms with van der Waals surface area (Å²) in [5.41, 5.74) is 0. The lowest BCUT2D eigenvalue weighted by atomic mass is 10.5. The zero-order chi connectivity index (χ0) is 12.1. The Hall–Kier alpha value is -0.990. The molecule has 14 heavy (non-hydrogen) atoms. The smallest absolute Gasteiger partial charge is 0.303 e. The van der Waals surface area contributed by atoms with E-state index in [0.717, 1.165) is 0 Å². The third kappa shape index (κ3) is 122. The molecule has 0 spiro atoms. The fourth-order valence-corrected chi connectivity index (χ4v) is 0. The summed E-state index contributed by atoms with van der Waals surface area (Å²) in [5, 5.41) is 15.4. The summed E-state index contributed by atoms with van der Waals surface area (Å²) < 4.78 is 24.1. The Balaban J connectivity index is -0.000000131. The minimum absolute atomic E-state index is 0.222. The van der Waals surface area contributed by atoms with E-state index in [-0.39, 0.29) is 12.8 Å². The second kappa shape index (κ2) is 14.5. The normalized spacial score (nSPS) is 9.71. The van der Waals surface area contributed by atoms with Crippen LogP contribution < -0.4 is 0 Å². The van der Waals surface area contributed by atoms with Crippen LogP contribution in [0.25, 0.3) is 0 Å². The largest absolute Gasteiger partial charge is 0.750 e. The van der Waals surface area contributed by atoms with Gasteiger partial charge in [-0.05, 0) is 0 Å². The molecule has 8 heteroatoms. The van der Waals surface area contributed by atoms with Gasteiger partial charge in [-0.3, -0.25) is 9.59 Å². The Morgan fingerprint density at radius 2 is 1.21 bits per heavy atom. The highest BCUT2D eigenvalue weighted by atomic mass is 32.2. The number of hydrogen-bond acceptors (Lipinski definition) is 4. The number of aliphatic carboxylic acids is 2. The van der Waals surface area contributed by atoms with Crippen LogP contribution in [0.3, 0.4) is 0 Å². The summed E-state index contributed by atoms with van der Waals surface area (Å²) in [6, 6.07) is 0. The lowest BCUT2D eigenvalue weighted by Gasteiger charge is -1.83. The Morgan fingerprint density at radius 3 is 1.21 bits per heavy atom. The highest BCUT2D eigenvalue weighted by Crippen LogP contribution is 1.67. The highest BCUT2D eigenvalue weighted by molar-refractivity contribution is 7.73. The monoisotopic (exact) mass is 229 g/mol. The van der Waals surface area contributed by atoms with Crippen LogP contribution in [0.15, 0.2) is 0 Å². The summed E-state index contributed by atoms with van der Waals surface area (Å²) >= 11 is -2.86. The van der Waals surface area contributed by atoms with Gasteiger partial charge in [0.05, 0.1) is 11.4 Å². The average molecular weight is 229 g/mol. The first-order valence-corrected chi connectivity index (χ1v) is 4.52. The molecule has 0 aromatic carbocycles. The molecule has 0 radical (unpaired) electrons. The minimum atomic E-state index is -2.86. The van der Waals surface area contributed by atoms with Crippen molar-refractivity contribution in [1.82, 2.24) is 0 Å². The summed E-state index contributed by atoms with van der Waals surface area (Å²) in [5.74, 6) is -1.49. The molecule has 0 fully saturated rings. The first-order valence-electron chi connectivity index (χ1n) is 3.49. The van der Waals surface area contributed by atoms with Crippen LogP contribution in [0, 0.1) is 0 Å². The molecule has 0 heterocycles. The van der Waals surface area contributed by atoms with Gasteiger partial charge in [0, 0.05) is 12.8 Å². The number of carboxylic acids is 2. The molecule has 0 rings (SSSR count). The maximum atomic E-state index is 9.37. The first-order chi connectivity index (χ1) is 6.27. The standard InChI is InChI=1S/2C3H6O2.H2O3S/c2*1-2-3(4)5;1-4(2)3/h2*2H2,1H3,(H,4,5);(H2,1,2,3)/p-1. The van der Waals surface area contributed by atoms with Gasteiger partial charge in [-0.2, -0.15) is 0 Å². The number of hydrogen-bond donors (Lipinski definition) is 3. The number of rotatable bonds is 2. The van der Waals surface area contributed by atoms with Gasteiger partial charge in [0.2, 0.25) is 0 Å². The SMILES string of the molecule is CCC(=O)O.CCC(=O)O.O=S([O-])O. The summed E-state index contributed by atoms with van der Waals surface area (Å²) in [4.78, 5) is 18.7. The molecule has 0 aliphatic carbocycles. The number of carbonyl (C=O) groups is 2. The minimum Gasteiger partial charge on any atom is -0.750 e. The third-order valence-electron chi connectivity index (χ3n) is 0.605. The molecule has 1 atom stereocenters. The van der Waals surface area contributed by atoms with E-state index in [2.05, 4.69) is 0 Å². The van der Waals surface area contributed by atoms with E-state index in [1.165, 1.54) is 0 Å². The van der Waals surface area contributed by atoms with Gasteiger partial charge in [-0.1, -0.05) is 13.8 Å². The van der Waals surface area contributed by atoms with E-state index < -0.39 is 23.3 Å². The van der Waals surface area contributed by atoms with E-state index in [9.17, 15) is 9.59 Å². The molecule has 0 amide bonds. The van der Waals surface area contributed by atoms with Gasteiger partial charge in [-0.15, -0.1) is 0 Å². The van der Waals surface area contributed by atoms with Crippen molar-refractivity contribution in [3.05, 3.63) is 0 Å². The van der Waals surface area contributed by atoms with Crippen LogP contribution in [-0.4, -0.2) is 35.5 Å². The van der Waals surface area contributed by atoms with Crippen molar-refractivity contribution < 1.29 is 33.1 Å². The van der Waals surface area contributed by atoms with Crippen molar-refractivity contribution in [2.45, 2.75) is 26.7 Å². The first kappa shape index (κ1) is 18.7. The molecule has 7 nitrogen and oxygen atoms in total. The molecule has 0 saturated heterocycles. The zero-order valence-corrected chi connectivity index (χ0v) is 8.61. The maximum absolute atomic E-state index is 9.37. The number of carboxylic acid groups (broad SMARTS) is 2. The van der Waals surface area contributed by atoms with E-state index in [1.54, 1.807) is 13.8 Å². The summed E-state index contributed by atoms with van der Waals surface area (Å²) in [7, 11) is 0. The molecule has 86 valence electrons. The second-order valence-corrected chi connectivity index (χ2v) is 2.15.